The maximum Gasteiger partial charge on any atom is 0.414 e. The highest BCUT2D eigenvalue weighted by atomic mass is 16.5. The van der Waals surface area contributed by atoms with E-state index in [4.69, 9.17) is 34.0 Å². The number of ether oxygens (including phenoxy) is 3. The van der Waals surface area contributed by atoms with E-state index in [-0.39, 0.29) is 0 Å². The van der Waals surface area contributed by atoms with Crippen LogP contribution in [0, 0.1) is 0 Å². The fourth-order valence-electron chi connectivity index (χ4n) is 1.34. The second-order valence-corrected chi connectivity index (χ2v) is 4.11. The summed E-state index contributed by atoms with van der Waals surface area (Å²) >= 11 is 0. The third-order valence-corrected chi connectivity index (χ3v) is 2.35. The molecule has 0 heterocycles. The highest BCUT2D eigenvalue weighted by Gasteiger charge is 2.04. The van der Waals surface area contributed by atoms with E-state index in [1.807, 2.05) is 31.2 Å². The van der Waals surface area contributed by atoms with Gasteiger partial charge in [0.1, 0.15) is 18.1 Å². The van der Waals surface area contributed by atoms with Gasteiger partial charge in [-0.15, -0.1) is 0 Å². The standard InChI is InChI=1S/C13H21NO3.C2H2O4/c1-3-16-12-4-6-13(7-5-12)17-11-9-14-8-10-15-2;3-1(4)2(5)6/h4-7,14H,3,8-11H2,1-2H3;(H,3,4)(H,5,6). The Labute approximate surface area is 135 Å². The number of nitrogens with one attached hydrogen (secondary N) is 1. The molecule has 0 atom stereocenters. The van der Waals surface area contributed by atoms with E-state index in [1.54, 1.807) is 7.11 Å². The zero-order chi connectivity index (χ0) is 17.5. The van der Waals surface area contributed by atoms with E-state index in [9.17, 15) is 0 Å². The van der Waals surface area contributed by atoms with E-state index in [0.717, 1.165) is 31.2 Å². The summed E-state index contributed by atoms with van der Waals surface area (Å²) in [6, 6.07) is 7.66. The predicted octanol–water partition coefficient (Wildman–Crippen LogP) is 0.856. The SMILES string of the molecule is CCOc1ccc(OCCNCCOC)cc1.O=C(O)C(=O)O. The fourth-order valence-corrected chi connectivity index (χ4v) is 1.34. The fraction of sp³-hybridized carbons (Fsp3) is 0.467. The number of rotatable bonds is 9. The maximum absolute atomic E-state index is 9.10. The second kappa shape index (κ2) is 13.4. The monoisotopic (exact) mass is 329 g/mol. The summed E-state index contributed by atoms with van der Waals surface area (Å²) < 4.78 is 15.8. The van der Waals surface area contributed by atoms with Gasteiger partial charge in [0.25, 0.3) is 0 Å². The number of hydrogen-bond acceptors (Lipinski definition) is 6. The van der Waals surface area contributed by atoms with Crippen LogP contribution in [0.4, 0.5) is 0 Å². The molecule has 0 aliphatic carbocycles. The van der Waals surface area contributed by atoms with Crippen molar-refractivity contribution in [1.82, 2.24) is 5.32 Å². The number of carboxylic acids is 2. The normalized spacial score (nSPS) is 9.48. The molecule has 0 amide bonds. The molecule has 0 saturated heterocycles. The molecule has 0 aliphatic rings. The summed E-state index contributed by atoms with van der Waals surface area (Å²) in [5.41, 5.74) is 0. The van der Waals surface area contributed by atoms with Crippen LogP contribution in [-0.2, 0) is 14.3 Å². The van der Waals surface area contributed by atoms with Crippen LogP contribution in [-0.4, -0.2) is 62.2 Å². The minimum atomic E-state index is -1.82. The van der Waals surface area contributed by atoms with Crippen LogP contribution in [0.1, 0.15) is 6.92 Å². The Morgan fingerprint density at radius 3 is 1.87 bits per heavy atom. The quantitative estimate of drug-likeness (QED) is 0.451. The van der Waals surface area contributed by atoms with Gasteiger partial charge in [-0.25, -0.2) is 9.59 Å². The van der Waals surface area contributed by atoms with Crippen LogP contribution in [0.3, 0.4) is 0 Å². The summed E-state index contributed by atoms with van der Waals surface area (Å²) in [5, 5.41) is 18.0. The van der Waals surface area contributed by atoms with Gasteiger partial charge in [0.05, 0.1) is 13.2 Å². The maximum atomic E-state index is 9.10. The van der Waals surface area contributed by atoms with Gasteiger partial charge in [0.15, 0.2) is 0 Å². The van der Waals surface area contributed by atoms with Gasteiger partial charge in [0.2, 0.25) is 0 Å². The Bertz CT molecular complexity index is 436. The Morgan fingerprint density at radius 1 is 0.957 bits per heavy atom. The van der Waals surface area contributed by atoms with Crippen LogP contribution in [0.5, 0.6) is 11.5 Å². The van der Waals surface area contributed by atoms with Crippen LogP contribution < -0.4 is 14.8 Å². The lowest BCUT2D eigenvalue weighted by atomic mass is 10.3. The second-order valence-electron chi connectivity index (χ2n) is 4.11. The smallest absolute Gasteiger partial charge is 0.414 e. The minimum absolute atomic E-state index is 0.650. The minimum Gasteiger partial charge on any atom is -0.494 e. The van der Waals surface area contributed by atoms with Crippen LogP contribution >= 0.6 is 0 Å². The summed E-state index contributed by atoms with van der Waals surface area (Å²) in [6.45, 7) is 5.69. The molecule has 23 heavy (non-hydrogen) atoms. The van der Waals surface area contributed by atoms with Gasteiger partial charge in [-0.1, -0.05) is 0 Å². The lowest BCUT2D eigenvalue weighted by molar-refractivity contribution is -0.159. The van der Waals surface area contributed by atoms with E-state index in [2.05, 4.69) is 5.32 Å². The topological polar surface area (TPSA) is 114 Å². The largest absolute Gasteiger partial charge is 0.494 e. The first-order chi connectivity index (χ1) is 11.0. The van der Waals surface area contributed by atoms with Gasteiger partial charge in [-0.05, 0) is 31.2 Å². The number of methoxy groups -OCH3 is 1. The summed E-state index contributed by atoms with van der Waals surface area (Å²) in [4.78, 5) is 18.2. The molecule has 1 aromatic carbocycles. The average Bonchev–Trinajstić information content (AvgIpc) is 2.53. The number of hydrogen-bond donors (Lipinski definition) is 3. The predicted molar refractivity (Wildman–Crippen MR) is 83.1 cm³/mol. The highest BCUT2D eigenvalue weighted by molar-refractivity contribution is 6.27. The number of benzene rings is 1. The number of carbonyl (C=O) groups is 2. The van der Waals surface area contributed by atoms with Crippen molar-refractivity contribution in [1.29, 1.82) is 0 Å². The van der Waals surface area contributed by atoms with E-state index in [1.165, 1.54) is 0 Å². The molecule has 0 radical (unpaired) electrons. The molecule has 0 aromatic heterocycles. The third kappa shape index (κ3) is 12.0. The Balaban J connectivity index is 0.000000688. The molecule has 1 aromatic rings. The first kappa shape index (κ1) is 20.7. The van der Waals surface area contributed by atoms with Gasteiger partial charge >= 0.3 is 11.9 Å². The number of carboxylic acid groups (broad SMARTS) is 2. The zero-order valence-corrected chi connectivity index (χ0v) is 13.3. The van der Waals surface area contributed by atoms with Crippen LogP contribution in [0.15, 0.2) is 24.3 Å². The van der Waals surface area contributed by atoms with Gasteiger partial charge in [-0.2, -0.15) is 0 Å². The van der Waals surface area contributed by atoms with Crippen LogP contribution in [0.25, 0.3) is 0 Å². The van der Waals surface area contributed by atoms with E-state index < -0.39 is 11.9 Å². The molecule has 0 unspecified atom stereocenters. The molecule has 0 fully saturated rings. The summed E-state index contributed by atoms with van der Waals surface area (Å²) in [6.07, 6.45) is 0. The molecule has 0 aliphatic heterocycles. The number of aliphatic carboxylic acids is 2. The molecule has 8 nitrogen and oxygen atoms in total. The Morgan fingerprint density at radius 2 is 1.43 bits per heavy atom. The lowest BCUT2D eigenvalue weighted by Gasteiger charge is -2.08. The van der Waals surface area contributed by atoms with Crippen molar-refractivity contribution in [3.8, 4) is 11.5 Å². The van der Waals surface area contributed by atoms with Crippen molar-refractivity contribution >= 4 is 11.9 Å². The van der Waals surface area contributed by atoms with Crippen molar-refractivity contribution in [3.63, 3.8) is 0 Å². The molecule has 0 spiro atoms. The van der Waals surface area contributed by atoms with E-state index in [0.29, 0.717) is 13.2 Å². The van der Waals surface area contributed by atoms with Crippen molar-refractivity contribution in [2.24, 2.45) is 0 Å². The average molecular weight is 329 g/mol. The molecule has 130 valence electrons. The summed E-state index contributed by atoms with van der Waals surface area (Å²) in [7, 11) is 1.69. The van der Waals surface area contributed by atoms with Crippen molar-refractivity contribution in [2.45, 2.75) is 6.92 Å². The Kier molecular flexibility index (Phi) is 12.0. The van der Waals surface area contributed by atoms with Crippen LogP contribution in [0.2, 0.25) is 0 Å². The zero-order valence-electron chi connectivity index (χ0n) is 13.3. The molecular weight excluding hydrogens is 306 g/mol. The summed E-state index contributed by atoms with van der Waals surface area (Å²) in [5.74, 6) is -1.91. The molecule has 0 bridgehead atoms. The van der Waals surface area contributed by atoms with E-state index >= 15 is 0 Å². The Hall–Kier alpha value is -2.32. The molecular formula is C15H23NO7. The van der Waals surface area contributed by atoms with Gasteiger partial charge < -0.3 is 29.7 Å². The molecule has 0 saturated carbocycles. The first-order valence-corrected chi connectivity index (χ1v) is 7.02. The molecule has 1 rings (SSSR count). The first-order valence-electron chi connectivity index (χ1n) is 7.02. The van der Waals surface area contributed by atoms with Crippen molar-refractivity contribution < 1.29 is 34.0 Å². The molecule has 8 heteroatoms. The van der Waals surface area contributed by atoms with Crippen molar-refractivity contribution in [3.05, 3.63) is 24.3 Å². The highest BCUT2D eigenvalue weighted by Crippen LogP contribution is 2.17. The van der Waals surface area contributed by atoms with Gasteiger partial charge in [0, 0.05) is 20.2 Å². The van der Waals surface area contributed by atoms with Gasteiger partial charge in [-0.3, -0.25) is 0 Å². The van der Waals surface area contributed by atoms with Crippen molar-refractivity contribution in [2.75, 3.05) is 40.0 Å². The lowest BCUT2D eigenvalue weighted by Crippen LogP contribution is -2.24. The molecule has 3 N–H and O–H groups in total. The third-order valence-electron chi connectivity index (χ3n) is 2.35.